The molecule has 138 valence electrons. The van der Waals surface area contributed by atoms with E-state index in [4.69, 9.17) is 0 Å². The highest BCUT2D eigenvalue weighted by Crippen LogP contribution is 2.24. The van der Waals surface area contributed by atoms with E-state index in [0.717, 1.165) is 16.6 Å². The summed E-state index contributed by atoms with van der Waals surface area (Å²) in [6.07, 6.45) is 3.72. The number of rotatable bonds is 4. The summed E-state index contributed by atoms with van der Waals surface area (Å²) in [6.45, 7) is 0. The second-order valence-corrected chi connectivity index (χ2v) is 8.74. The van der Waals surface area contributed by atoms with Gasteiger partial charge in [0, 0.05) is 29.4 Å². The predicted octanol–water partition coefficient (Wildman–Crippen LogP) is 2.29. The van der Waals surface area contributed by atoms with E-state index in [2.05, 4.69) is 20.6 Å². The van der Waals surface area contributed by atoms with Gasteiger partial charge >= 0.3 is 0 Å². The lowest BCUT2D eigenvalue weighted by atomic mass is 10.2. The predicted molar refractivity (Wildman–Crippen MR) is 104 cm³/mol. The molecule has 4 rings (SSSR count). The molecule has 1 aliphatic heterocycles. The second kappa shape index (κ2) is 6.96. The molecule has 0 spiro atoms. The number of amides is 1. The van der Waals surface area contributed by atoms with E-state index in [9.17, 15) is 13.2 Å². The maximum Gasteiger partial charge on any atom is 0.251 e. The summed E-state index contributed by atoms with van der Waals surface area (Å²) in [5.74, 6) is 0.324. The maximum absolute atomic E-state index is 12.5. The van der Waals surface area contributed by atoms with Crippen molar-refractivity contribution in [2.75, 3.05) is 16.8 Å². The van der Waals surface area contributed by atoms with Crippen LogP contribution >= 0.6 is 0 Å². The fourth-order valence-corrected chi connectivity index (χ4v) is 4.83. The van der Waals surface area contributed by atoms with Crippen molar-refractivity contribution >= 4 is 38.2 Å². The molecule has 1 atom stereocenters. The number of carbonyl (C=O) groups is 1. The first kappa shape index (κ1) is 17.4. The van der Waals surface area contributed by atoms with Crippen LogP contribution in [0.25, 0.3) is 10.9 Å². The third-order valence-electron chi connectivity index (χ3n) is 4.49. The Hall–Kier alpha value is -3.00. The highest BCUT2D eigenvalue weighted by Gasteiger charge is 2.29. The van der Waals surface area contributed by atoms with Gasteiger partial charge in [-0.3, -0.25) is 9.78 Å². The molecule has 27 heavy (non-hydrogen) atoms. The summed E-state index contributed by atoms with van der Waals surface area (Å²) in [5.41, 5.74) is 2.03. The van der Waals surface area contributed by atoms with Crippen molar-refractivity contribution in [3.05, 3.63) is 60.4 Å². The van der Waals surface area contributed by atoms with Crippen LogP contribution in [0.4, 0.5) is 11.5 Å². The van der Waals surface area contributed by atoms with Gasteiger partial charge in [-0.1, -0.05) is 18.2 Å². The van der Waals surface area contributed by atoms with Gasteiger partial charge in [-0.25, -0.2) is 13.4 Å². The van der Waals surface area contributed by atoms with Crippen molar-refractivity contribution in [1.82, 2.24) is 15.3 Å². The van der Waals surface area contributed by atoms with Crippen LogP contribution in [0.2, 0.25) is 0 Å². The number of carbonyl (C=O) groups excluding carboxylic acids is 1. The number of aromatic nitrogens is 2. The smallest absolute Gasteiger partial charge is 0.251 e. The molecule has 2 N–H and O–H groups in total. The summed E-state index contributed by atoms with van der Waals surface area (Å²) >= 11 is 0. The molecule has 1 amide bonds. The number of nitrogens with one attached hydrogen (secondary N) is 2. The summed E-state index contributed by atoms with van der Waals surface area (Å²) in [5, 5.41) is 6.98. The number of sulfone groups is 1. The van der Waals surface area contributed by atoms with Crippen LogP contribution in [0.15, 0.2) is 54.9 Å². The van der Waals surface area contributed by atoms with Gasteiger partial charge in [0.2, 0.25) is 0 Å². The average Bonchev–Trinajstić information content (AvgIpc) is 3.00. The van der Waals surface area contributed by atoms with E-state index in [1.807, 2.05) is 30.3 Å². The molecule has 2 aromatic heterocycles. The van der Waals surface area contributed by atoms with Gasteiger partial charge < -0.3 is 10.6 Å². The molecule has 3 aromatic rings. The molecule has 1 unspecified atom stereocenters. The minimum absolute atomic E-state index is 0.00337. The Morgan fingerprint density at radius 2 is 1.93 bits per heavy atom. The number of anilines is 2. The number of nitrogens with zero attached hydrogens (tertiary/aromatic N) is 2. The van der Waals surface area contributed by atoms with Crippen molar-refractivity contribution < 1.29 is 13.2 Å². The number of hydrogen-bond donors (Lipinski definition) is 2. The lowest BCUT2D eigenvalue weighted by molar-refractivity contribution is 0.0941. The van der Waals surface area contributed by atoms with E-state index in [-0.39, 0.29) is 23.5 Å². The zero-order valence-electron chi connectivity index (χ0n) is 14.4. The molecule has 7 nitrogen and oxygen atoms in total. The van der Waals surface area contributed by atoms with Crippen LogP contribution in [0.1, 0.15) is 16.8 Å². The Balaban J connectivity index is 1.53. The van der Waals surface area contributed by atoms with Crippen LogP contribution in [0.5, 0.6) is 0 Å². The Morgan fingerprint density at radius 1 is 1.07 bits per heavy atom. The summed E-state index contributed by atoms with van der Waals surface area (Å²) < 4.78 is 23.1. The van der Waals surface area contributed by atoms with Gasteiger partial charge in [0.15, 0.2) is 9.84 Å². The van der Waals surface area contributed by atoms with Crippen LogP contribution in [-0.4, -0.2) is 41.8 Å². The number of para-hydroxylation sites is 1. The SMILES string of the molecule is O=C(NC1CCS(=O)(=O)C1)c1ccnc(Nc2cccc3cccnc23)c1. The Kier molecular flexibility index (Phi) is 4.49. The Labute approximate surface area is 156 Å². The quantitative estimate of drug-likeness (QED) is 0.718. The molecule has 1 aliphatic rings. The van der Waals surface area contributed by atoms with E-state index in [0.29, 0.717) is 17.8 Å². The van der Waals surface area contributed by atoms with E-state index in [1.54, 1.807) is 24.5 Å². The Bertz CT molecular complexity index is 1110. The highest BCUT2D eigenvalue weighted by molar-refractivity contribution is 7.91. The first-order valence-electron chi connectivity index (χ1n) is 8.58. The lowest BCUT2D eigenvalue weighted by Gasteiger charge is -2.12. The molecule has 8 heteroatoms. The largest absolute Gasteiger partial charge is 0.348 e. The third kappa shape index (κ3) is 3.90. The number of fused-ring (bicyclic) bond motifs is 1. The van der Waals surface area contributed by atoms with Gasteiger partial charge in [-0.2, -0.15) is 0 Å². The Morgan fingerprint density at radius 3 is 2.74 bits per heavy atom. The molecule has 3 heterocycles. The van der Waals surface area contributed by atoms with E-state index >= 15 is 0 Å². The summed E-state index contributed by atoms with van der Waals surface area (Å²) in [6, 6.07) is 12.5. The molecule has 0 saturated carbocycles. The van der Waals surface area contributed by atoms with Crippen molar-refractivity contribution in [1.29, 1.82) is 0 Å². The average molecular weight is 382 g/mol. The van der Waals surface area contributed by atoms with Crippen LogP contribution in [0, 0.1) is 0 Å². The fourth-order valence-electron chi connectivity index (χ4n) is 3.16. The molecule has 1 fully saturated rings. The molecular weight excluding hydrogens is 364 g/mol. The summed E-state index contributed by atoms with van der Waals surface area (Å²) in [4.78, 5) is 21.1. The number of hydrogen-bond acceptors (Lipinski definition) is 6. The minimum Gasteiger partial charge on any atom is -0.348 e. The standard InChI is InChI=1S/C19H18N4O3S/c24-19(22-15-7-10-27(25,26)12-15)14-6-9-20-17(11-14)23-16-5-1-3-13-4-2-8-21-18(13)16/h1-6,8-9,11,15H,7,10,12H2,(H,20,23)(H,22,24). The van der Waals surface area contributed by atoms with Gasteiger partial charge in [0.25, 0.3) is 5.91 Å². The molecule has 0 bridgehead atoms. The highest BCUT2D eigenvalue weighted by atomic mass is 32.2. The molecule has 1 saturated heterocycles. The third-order valence-corrected chi connectivity index (χ3v) is 6.25. The van der Waals surface area contributed by atoms with Crippen molar-refractivity contribution in [3.8, 4) is 0 Å². The van der Waals surface area contributed by atoms with Crippen LogP contribution in [0.3, 0.4) is 0 Å². The second-order valence-electron chi connectivity index (χ2n) is 6.51. The van der Waals surface area contributed by atoms with Gasteiger partial charge in [-0.15, -0.1) is 0 Å². The van der Waals surface area contributed by atoms with E-state index in [1.165, 1.54) is 0 Å². The molecule has 0 radical (unpaired) electrons. The van der Waals surface area contributed by atoms with Crippen molar-refractivity contribution in [2.24, 2.45) is 0 Å². The normalized spacial score (nSPS) is 18.3. The van der Waals surface area contributed by atoms with E-state index < -0.39 is 9.84 Å². The first-order chi connectivity index (χ1) is 13.0. The molecule has 1 aromatic carbocycles. The topological polar surface area (TPSA) is 101 Å². The van der Waals surface area contributed by atoms with Gasteiger partial charge in [0.1, 0.15) is 5.82 Å². The minimum atomic E-state index is -3.04. The zero-order valence-corrected chi connectivity index (χ0v) is 15.2. The van der Waals surface area contributed by atoms with Crippen LogP contribution in [-0.2, 0) is 9.84 Å². The zero-order chi connectivity index (χ0) is 18.9. The fraction of sp³-hybridized carbons (Fsp3) is 0.211. The monoisotopic (exact) mass is 382 g/mol. The molecular formula is C19H18N4O3S. The van der Waals surface area contributed by atoms with Crippen molar-refractivity contribution in [2.45, 2.75) is 12.5 Å². The van der Waals surface area contributed by atoms with Gasteiger partial charge in [-0.05, 0) is 30.7 Å². The van der Waals surface area contributed by atoms with Crippen LogP contribution < -0.4 is 10.6 Å². The molecule has 0 aliphatic carbocycles. The van der Waals surface area contributed by atoms with Crippen molar-refractivity contribution in [3.63, 3.8) is 0 Å². The summed E-state index contributed by atoms with van der Waals surface area (Å²) in [7, 11) is -3.04. The number of pyridine rings is 2. The first-order valence-corrected chi connectivity index (χ1v) is 10.4. The number of benzene rings is 1. The maximum atomic E-state index is 12.5. The lowest BCUT2D eigenvalue weighted by Crippen LogP contribution is -2.35. The van der Waals surface area contributed by atoms with Gasteiger partial charge in [0.05, 0.1) is 22.7 Å².